The number of hydrogen-bond donors (Lipinski definition) is 0. The summed E-state index contributed by atoms with van der Waals surface area (Å²) in [4.78, 5) is 15.4. The number of anilines is 3. The molecule has 1 aromatic heterocycles. The molecule has 7 heteroatoms. The van der Waals surface area contributed by atoms with Gasteiger partial charge in [-0.2, -0.15) is 10.2 Å². The summed E-state index contributed by atoms with van der Waals surface area (Å²) in [6.07, 6.45) is 2.80. The molecule has 3 rings (SSSR count). The highest BCUT2D eigenvalue weighted by Gasteiger charge is 2.28. The Labute approximate surface area is 156 Å². The zero-order chi connectivity index (χ0) is 18.0. The van der Waals surface area contributed by atoms with Crippen LogP contribution in [-0.2, 0) is 0 Å². The Morgan fingerprint density at radius 2 is 2.08 bits per heavy atom. The van der Waals surface area contributed by atoms with E-state index in [4.69, 9.17) is 0 Å². The predicted molar refractivity (Wildman–Crippen MR) is 104 cm³/mol. The van der Waals surface area contributed by atoms with Gasteiger partial charge in [0, 0.05) is 44.9 Å². The number of benzene rings is 1. The van der Waals surface area contributed by atoms with Gasteiger partial charge in [0.2, 0.25) is 5.95 Å². The van der Waals surface area contributed by atoms with Crippen molar-refractivity contribution in [3.63, 3.8) is 0 Å². The van der Waals surface area contributed by atoms with Crippen LogP contribution in [0.5, 0.6) is 0 Å². The van der Waals surface area contributed by atoms with E-state index in [2.05, 4.69) is 41.8 Å². The third-order valence-corrected chi connectivity index (χ3v) is 5.03. The van der Waals surface area contributed by atoms with Gasteiger partial charge in [-0.1, -0.05) is 15.9 Å². The molecule has 1 atom stereocenters. The Bertz CT molecular complexity index is 800. The van der Waals surface area contributed by atoms with E-state index >= 15 is 0 Å². The van der Waals surface area contributed by atoms with E-state index in [1.807, 2.05) is 50.3 Å². The Morgan fingerprint density at radius 1 is 1.28 bits per heavy atom. The number of rotatable bonds is 4. The molecule has 1 unspecified atom stereocenters. The normalized spacial score (nSPS) is 16.6. The van der Waals surface area contributed by atoms with Gasteiger partial charge >= 0.3 is 0 Å². The second kappa shape index (κ2) is 7.28. The van der Waals surface area contributed by atoms with E-state index in [0.717, 1.165) is 41.4 Å². The van der Waals surface area contributed by atoms with E-state index in [-0.39, 0.29) is 0 Å². The molecule has 0 amide bonds. The first-order valence-corrected chi connectivity index (χ1v) is 8.96. The fourth-order valence-electron chi connectivity index (χ4n) is 3.06. The fourth-order valence-corrected chi connectivity index (χ4v) is 3.41. The minimum absolute atomic E-state index is 0.308. The molecule has 2 heterocycles. The summed E-state index contributed by atoms with van der Waals surface area (Å²) in [5.41, 5.74) is 1.69. The van der Waals surface area contributed by atoms with Gasteiger partial charge in [-0.25, -0.2) is 4.98 Å². The first kappa shape index (κ1) is 17.5. The molecule has 1 fully saturated rings. The molecular weight excluding hydrogens is 380 g/mol. The highest BCUT2D eigenvalue weighted by atomic mass is 79.9. The average molecular weight is 401 g/mol. The van der Waals surface area contributed by atoms with E-state index in [9.17, 15) is 5.26 Å². The third-order valence-electron chi connectivity index (χ3n) is 4.53. The van der Waals surface area contributed by atoms with Crippen LogP contribution in [0.3, 0.4) is 0 Å². The molecule has 0 bridgehead atoms. The molecule has 0 saturated carbocycles. The highest BCUT2D eigenvalue weighted by molar-refractivity contribution is 9.10. The smallest absolute Gasteiger partial charge is 0.227 e. The van der Waals surface area contributed by atoms with Crippen molar-refractivity contribution >= 4 is 33.4 Å². The van der Waals surface area contributed by atoms with Gasteiger partial charge in [0.15, 0.2) is 0 Å². The molecule has 0 spiro atoms. The van der Waals surface area contributed by atoms with Crippen LogP contribution in [0.4, 0.5) is 17.5 Å². The summed E-state index contributed by atoms with van der Waals surface area (Å²) < 4.78 is 0.986. The van der Waals surface area contributed by atoms with Crippen molar-refractivity contribution < 1.29 is 0 Å². The van der Waals surface area contributed by atoms with Gasteiger partial charge in [0.25, 0.3) is 0 Å². The topological polar surface area (TPSA) is 59.3 Å². The summed E-state index contributed by atoms with van der Waals surface area (Å²) >= 11 is 3.50. The zero-order valence-corrected chi connectivity index (χ0v) is 16.2. The molecule has 1 aliphatic heterocycles. The highest BCUT2D eigenvalue weighted by Crippen LogP contribution is 2.29. The lowest BCUT2D eigenvalue weighted by molar-refractivity contribution is 0.674. The molecule has 0 radical (unpaired) electrons. The van der Waals surface area contributed by atoms with Crippen molar-refractivity contribution in [1.29, 1.82) is 5.26 Å². The van der Waals surface area contributed by atoms with Crippen molar-refractivity contribution in [3.8, 4) is 6.07 Å². The van der Waals surface area contributed by atoms with Gasteiger partial charge in [0.05, 0.1) is 17.3 Å². The Balaban J connectivity index is 1.78. The maximum atomic E-state index is 9.38. The Hall–Kier alpha value is -2.33. The number of likely N-dealkylation sites (N-methyl/N-ethyl adjacent to an activating group) is 1. The summed E-state index contributed by atoms with van der Waals surface area (Å²) in [5, 5.41) is 9.38. The quantitative estimate of drug-likeness (QED) is 0.786. The average Bonchev–Trinajstić information content (AvgIpc) is 3.11. The molecule has 25 heavy (non-hydrogen) atoms. The van der Waals surface area contributed by atoms with E-state index in [0.29, 0.717) is 11.6 Å². The van der Waals surface area contributed by atoms with Crippen LogP contribution in [-0.4, -0.2) is 50.2 Å². The number of nitrogens with zero attached hydrogens (tertiary/aromatic N) is 6. The van der Waals surface area contributed by atoms with Crippen molar-refractivity contribution in [2.75, 3.05) is 48.9 Å². The number of halogens is 1. The monoisotopic (exact) mass is 400 g/mol. The molecule has 0 aliphatic carbocycles. The molecule has 1 aliphatic rings. The molecular formula is C18H21BrN6. The van der Waals surface area contributed by atoms with Crippen molar-refractivity contribution in [2.24, 2.45) is 0 Å². The van der Waals surface area contributed by atoms with Crippen molar-refractivity contribution in [1.82, 2.24) is 9.97 Å². The Morgan fingerprint density at radius 3 is 2.80 bits per heavy atom. The fraction of sp³-hybridized carbons (Fsp3) is 0.389. The summed E-state index contributed by atoms with van der Waals surface area (Å²) in [5.74, 6) is 1.62. The van der Waals surface area contributed by atoms with E-state index < -0.39 is 0 Å². The molecule has 2 aromatic rings. The van der Waals surface area contributed by atoms with Crippen LogP contribution in [0, 0.1) is 11.3 Å². The van der Waals surface area contributed by atoms with Gasteiger partial charge in [-0.05, 0) is 30.7 Å². The molecule has 6 nitrogen and oxygen atoms in total. The first-order chi connectivity index (χ1) is 12.0. The molecule has 1 saturated heterocycles. The van der Waals surface area contributed by atoms with Crippen LogP contribution in [0.1, 0.15) is 12.0 Å². The summed E-state index contributed by atoms with van der Waals surface area (Å²) in [6, 6.07) is 10.3. The van der Waals surface area contributed by atoms with Gasteiger partial charge < -0.3 is 14.7 Å². The number of hydrogen-bond acceptors (Lipinski definition) is 6. The van der Waals surface area contributed by atoms with E-state index in [1.165, 1.54) is 0 Å². The van der Waals surface area contributed by atoms with Crippen LogP contribution >= 0.6 is 15.9 Å². The van der Waals surface area contributed by atoms with Crippen LogP contribution in [0.2, 0.25) is 0 Å². The van der Waals surface area contributed by atoms with Crippen LogP contribution < -0.4 is 14.7 Å². The number of aromatic nitrogens is 2. The zero-order valence-electron chi connectivity index (χ0n) is 14.6. The van der Waals surface area contributed by atoms with Crippen LogP contribution in [0.25, 0.3) is 0 Å². The lowest BCUT2D eigenvalue weighted by Crippen LogP contribution is -2.36. The second-order valence-electron chi connectivity index (χ2n) is 6.38. The SMILES string of the molecule is CN(C)c1ccnc(N(C)C2CCN(c3cc(Br)ccc3C#N)C2)n1. The predicted octanol–water partition coefficient (Wildman–Crippen LogP) is 2.89. The summed E-state index contributed by atoms with van der Waals surface area (Å²) in [7, 11) is 5.98. The van der Waals surface area contributed by atoms with Crippen molar-refractivity contribution in [3.05, 3.63) is 40.5 Å². The van der Waals surface area contributed by atoms with Gasteiger partial charge in [0.1, 0.15) is 11.9 Å². The second-order valence-corrected chi connectivity index (χ2v) is 7.30. The maximum absolute atomic E-state index is 9.38. The third kappa shape index (κ3) is 3.69. The maximum Gasteiger partial charge on any atom is 0.227 e. The van der Waals surface area contributed by atoms with Crippen LogP contribution in [0.15, 0.2) is 34.9 Å². The standard InChI is InChI=1S/C18H21BrN6/c1-23(2)17-6-8-21-18(22-17)24(3)15-7-9-25(12-15)16-10-14(19)5-4-13(16)11-20/h4-6,8,10,15H,7,9,12H2,1-3H3. The lowest BCUT2D eigenvalue weighted by atomic mass is 10.2. The van der Waals surface area contributed by atoms with Gasteiger partial charge in [-0.3, -0.25) is 0 Å². The minimum atomic E-state index is 0.308. The van der Waals surface area contributed by atoms with Gasteiger partial charge in [-0.15, -0.1) is 0 Å². The molecule has 1 aromatic carbocycles. The molecule has 0 N–H and O–H groups in total. The lowest BCUT2D eigenvalue weighted by Gasteiger charge is -2.26. The minimum Gasteiger partial charge on any atom is -0.368 e. The largest absolute Gasteiger partial charge is 0.368 e. The summed E-state index contributed by atoms with van der Waals surface area (Å²) in [6.45, 7) is 1.75. The number of nitriles is 1. The van der Waals surface area contributed by atoms with E-state index in [1.54, 1.807) is 6.20 Å². The Kier molecular flexibility index (Phi) is 5.09. The van der Waals surface area contributed by atoms with Crippen molar-refractivity contribution in [2.45, 2.75) is 12.5 Å². The first-order valence-electron chi connectivity index (χ1n) is 8.17. The molecule has 130 valence electrons.